The third-order valence-corrected chi connectivity index (χ3v) is 4.24. The number of nitrogens with zero attached hydrogens (tertiary/aromatic N) is 1. The Balaban J connectivity index is 2.62. The lowest BCUT2D eigenvalue weighted by molar-refractivity contribution is -0.00202. The van der Waals surface area contributed by atoms with Crippen LogP contribution in [-0.2, 0) is 0 Å². The molecule has 1 rings (SSSR count). The van der Waals surface area contributed by atoms with Crippen LogP contribution in [-0.4, -0.2) is 47.5 Å². The van der Waals surface area contributed by atoms with E-state index in [4.69, 9.17) is 0 Å². The summed E-state index contributed by atoms with van der Waals surface area (Å²) in [6, 6.07) is 0. The summed E-state index contributed by atoms with van der Waals surface area (Å²) in [6.07, 6.45) is 6.00. The molecular weight excluding hydrogens is 202 g/mol. The second-order valence-corrected chi connectivity index (χ2v) is 6.05. The molecule has 0 amide bonds. The molecule has 0 bridgehead atoms. The Hall–Kier alpha value is -0.120. The first-order valence-electron chi connectivity index (χ1n) is 6.39. The van der Waals surface area contributed by atoms with Crippen molar-refractivity contribution in [1.82, 2.24) is 4.90 Å². The van der Waals surface area contributed by atoms with E-state index < -0.39 is 0 Å². The molecule has 16 heavy (non-hydrogen) atoms. The number of aliphatic hydroxyl groups is 2. The normalized spacial score (nSPS) is 21.4. The molecule has 0 aromatic rings. The van der Waals surface area contributed by atoms with Crippen molar-refractivity contribution in [2.24, 2.45) is 5.41 Å². The fraction of sp³-hybridized carbons (Fsp3) is 1.00. The van der Waals surface area contributed by atoms with Gasteiger partial charge in [0.2, 0.25) is 0 Å². The molecule has 0 aromatic heterocycles. The zero-order chi connectivity index (χ0) is 12.2. The molecule has 0 aliphatic heterocycles. The van der Waals surface area contributed by atoms with Crippen molar-refractivity contribution in [3.8, 4) is 0 Å². The molecular formula is C13H27NO2. The number of aliphatic hydroxyl groups excluding tert-OH is 2. The van der Waals surface area contributed by atoms with Crippen molar-refractivity contribution in [2.45, 2.75) is 51.5 Å². The van der Waals surface area contributed by atoms with Gasteiger partial charge in [-0.2, -0.15) is 0 Å². The van der Waals surface area contributed by atoms with E-state index in [1.807, 2.05) is 20.9 Å². The van der Waals surface area contributed by atoms with Crippen LogP contribution < -0.4 is 0 Å². The first kappa shape index (κ1) is 13.9. The van der Waals surface area contributed by atoms with Crippen LogP contribution >= 0.6 is 0 Å². The zero-order valence-corrected chi connectivity index (χ0v) is 11.0. The van der Waals surface area contributed by atoms with Crippen LogP contribution in [0.15, 0.2) is 0 Å². The Morgan fingerprint density at radius 1 is 1.12 bits per heavy atom. The third kappa shape index (κ3) is 3.19. The highest BCUT2D eigenvalue weighted by Gasteiger charge is 2.35. The SMILES string of the molecule is CN(CC1(CO)CCCCC1)C(C)(C)CO. The summed E-state index contributed by atoms with van der Waals surface area (Å²) in [5.74, 6) is 0. The second-order valence-electron chi connectivity index (χ2n) is 6.05. The minimum absolute atomic E-state index is 0.0689. The van der Waals surface area contributed by atoms with Crippen LogP contribution in [0.4, 0.5) is 0 Å². The van der Waals surface area contributed by atoms with Gasteiger partial charge in [-0.25, -0.2) is 0 Å². The van der Waals surface area contributed by atoms with Gasteiger partial charge in [0.25, 0.3) is 0 Å². The van der Waals surface area contributed by atoms with E-state index in [0.29, 0.717) is 0 Å². The molecule has 0 spiro atoms. The first-order chi connectivity index (χ1) is 7.46. The van der Waals surface area contributed by atoms with Crippen LogP contribution in [0.5, 0.6) is 0 Å². The van der Waals surface area contributed by atoms with Crippen LogP contribution in [0.25, 0.3) is 0 Å². The molecule has 0 unspecified atom stereocenters. The maximum absolute atomic E-state index is 9.64. The fourth-order valence-corrected chi connectivity index (χ4v) is 2.51. The predicted molar refractivity (Wildman–Crippen MR) is 66.4 cm³/mol. The molecule has 1 aliphatic carbocycles. The summed E-state index contributed by atoms with van der Waals surface area (Å²) in [5.41, 5.74) is -0.126. The summed E-state index contributed by atoms with van der Waals surface area (Å²) < 4.78 is 0. The van der Waals surface area contributed by atoms with E-state index in [9.17, 15) is 10.2 Å². The molecule has 96 valence electrons. The summed E-state index contributed by atoms with van der Waals surface area (Å²) in [4.78, 5) is 2.19. The van der Waals surface area contributed by atoms with E-state index >= 15 is 0 Å². The number of hydrogen-bond acceptors (Lipinski definition) is 3. The highest BCUT2D eigenvalue weighted by Crippen LogP contribution is 2.37. The quantitative estimate of drug-likeness (QED) is 0.753. The number of likely N-dealkylation sites (N-methyl/N-ethyl adjacent to an activating group) is 1. The van der Waals surface area contributed by atoms with Gasteiger partial charge in [0.05, 0.1) is 6.61 Å². The van der Waals surface area contributed by atoms with Gasteiger partial charge >= 0.3 is 0 Å². The maximum atomic E-state index is 9.64. The molecule has 2 N–H and O–H groups in total. The Morgan fingerprint density at radius 2 is 1.69 bits per heavy atom. The summed E-state index contributed by atoms with van der Waals surface area (Å²) in [6.45, 7) is 5.41. The van der Waals surface area contributed by atoms with Crippen LogP contribution in [0.1, 0.15) is 46.0 Å². The van der Waals surface area contributed by atoms with E-state index in [2.05, 4.69) is 4.90 Å². The molecule has 0 atom stereocenters. The Kier molecular flexibility index (Phi) is 4.77. The molecule has 1 saturated carbocycles. The monoisotopic (exact) mass is 229 g/mol. The van der Waals surface area contributed by atoms with Crippen molar-refractivity contribution < 1.29 is 10.2 Å². The second kappa shape index (κ2) is 5.48. The van der Waals surface area contributed by atoms with Gasteiger partial charge in [-0.3, -0.25) is 4.90 Å². The minimum Gasteiger partial charge on any atom is -0.396 e. The van der Waals surface area contributed by atoms with Crippen molar-refractivity contribution in [2.75, 3.05) is 26.8 Å². The molecule has 3 nitrogen and oxygen atoms in total. The van der Waals surface area contributed by atoms with Gasteiger partial charge < -0.3 is 10.2 Å². The van der Waals surface area contributed by atoms with Crippen molar-refractivity contribution in [3.05, 3.63) is 0 Å². The number of rotatable bonds is 5. The van der Waals surface area contributed by atoms with Gasteiger partial charge in [0.1, 0.15) is 0 Å². The lowest BCUT2D eigenvalue weighted by Gasteiger charge is -2.43. The van der Waals surface area contributed by atoms with Crippen LogP contribution in [0.3, 0.4) is 0 Å². The molecule has 0 saturated heterocycles. The topological polar surface area (TPSA) is 43.7 Å². The molecule has 0 radical (unpaired) electrons. The van der Waals surface area contributed by atoms with Gasteiger partial charge in [0.15, 0.2) is 0 Å². The molecule has 0 heterocycles. The van der Waals surface area contributed by atoms with Crippen LogP contribution in [0.2, 0.25) is 0 Å². The highest BCUT2D eigenvalue weighted by atomic mass is 16.3. The molecule has 1 fully saturated rings. The molecule has 3 heteroatoms. The van der Waals surface area contributed by atoms with E-state index in [0.717, 1.165) is 19.4 Å². The summed E-state index contributed by atoms with van der Waals surface area (Å²) in [5, 5.41) is 19.0. The average molecular weight is 229 g/mol. The minimum atomic E-state index is -0.195. The Labute approximate surface area is 99.5 Å². The third-order valence-electron chi connectivity index (χ3n) is 4.24. The van der Waals surface area contributed by atoms with E-state index in [1.54, 1.807) is 0 Å². The Bertz CT molecular complexity index is 210. The smallest absolute Gasteiger partial charge is 0.0609 e. The van der Waals surface area contributed by atoms with Crippen molar-refractivity contribution in [1.29, 1.82) is 0 Å². The zero-order valence-electron chi connectivity index (χ0n) is 11.0. The van der Waals surface area contributed by atoms with Crippen molar-refractivity contribution >= 4 is 0 Å². The Morgan fingerprint density at radius 3 is 2.12 bits per heavy atom. The van der Waals surface area contributed by atoms with Gasteiger partial charge in [-0.05, 0) is 33.7 Å². The summed E-state index contributed by atoms with van der Waals surface area (Å²) in [7, 11) is 2.04. The van der Waals surface area contributed by atoms with Crippen LogP contribution in [0, 0.1) is 5.41 Å². The standard InChI is InChI=1S/C13H27NO2/c1-12(2,10-15)14(3)9-13(11-16)7-5-4-6-8-13/h15-16H,4-11H2,1-3H3. The highest BCUT2D eigenvalue weighted by molar-refractivity contribution is 4.89. The largest absolute Gasteiger partial charge is 0.396 e. The summed E-state index contributed by atoms with van der Waals surface area (Å²) >= 11 is 0. The van der Waals surface area contributed by atoms with E-state index in [1.165, 1.54) is 19.3 Å². The predicted octanol–water partition coefficient (Wildman–Crippen LogP) is 1.63. The number of hydrogen-bond donors (Lipinski definition) is 2. The average Bonchev–Trinajstić information content (AvgIpc) is 2.30. The van der Waals surface area contributed by atoms with E-state index in [-0.39, 0.29) is 24.2 Å². The van der Waals surface area contributed by atoms with Gasteiger partial charge in [0, 0.05) is 24.1 Å². The lowest BCUT2D eigenvalue weighted by Crippen LogP contribution is -2.50. The fourth-order valence-electron chi connectivity index (χ4n) is 2.51. The van der Waals surface area contributed by atoms with Gasteiger partial charge in [-0.15, -0.1) is 0 Å². The molecule has 1 aliphatic rings. The first-order valence-corrected chi connectivity index (χ1v) is 6.39. The maximum Gasteiger partial charge on any atom is 0.0609 e. The van der Waals surface area contributed by atoms with Gasteiger partial charge in [-0.1, -0.05) is 19.3 Å². The molecule has 0 aromatic carbocycles. The van der Waals surface area contributed by atoms with Crippen molar-refractivity contribution in [3.63, 3.8) is 0 Å². The lowest BCUT2D eigenvalue weighted by atomic mass is 9.74.